The molecule has 0 radical (unpaired) electrons. The molecule has 0 aliphatic carbocycles. The van der Waals surface area contributed by atoms with Crippen LogP contribution in [0.2, 0.25) is 0 Å². The highest BCUT2D eigenvalue weighted by atomic mass is 32.2. The number of phenols is 1. The van der Waals surface area contributed by atoms with Gasteiger partial charge >= 0.3 is 18.2 Å². The van der Waals surface area contributed by atoms with Gasteiger partial charge in [0.15, 0.2) is 0 Å². The van der Waals surface area contributed by atoms with E-state index in [1.165, 1.54) is 6.20 Å². The molecule has 0 atom stereocenters. The number of nitrogens with zero attached hydrogens (tertiary/aromatic N) is 12. The summed E-state index contributed by atoms with van der Waals surface area (Å²) >= 11 is 0. The number of amides is 2. The number of hydrogen-bond acceptors (Lipinski definition) is 16. The van der Waals surface area contributed by atoms with E-state index in [0.29, 0.717) is 73.3 Å². The number of aromatic hydroxyl groups is 1. The summed E-state index contributed by atoms with van der Waals surface area (Å²) in [5.74, 6) is 1.06. The molecule has 2 saturated heterocycles. The zero-order valence-corrected chi connectivity index (χ0v) is 44.5. The molecule has 4 aromatic heterocycles. The molecule has 20 nitrogen and oxygen atoms in total. The largest absolute Gasteiger partial charge is 0.508 e. The van der Waals surface area contributed by atoms with E-state index in [0.717, 1.165) is 52.7 Å². The molecule has 2 fully saturated rings. The number of aryl methyl sites for hydroxylation is 6. The normalized spacial score (nSPS) is 14.7. The standard InChI is InChI=1S/C25H32N6O3.C18H26N6O4S.C8H10O/c1-16-13-17(2)15-20(14-16)33-23-26-10-7-21(27-23)22-18(3)28-29-31(22)19-8-11-30(12-9-19)24(32)34-25(4,5)6;1-12-15(14-6-9-19-16(20-14)29(5,26)27)24(22-21-12)13-7-10-23(11-8-13)17(25)28-18(2,3)4;1-6-3-7(2)5-8(9)4-6/h7,10,13-15,19H,8-9,11-12H2,1-6H3;6,9,13H,7-8,10-11H2,1-5H3;3-5,9H,1-2H3. The summed E-state index contributed by atoms with van der Waals surface area (Å²) < 4.78 is 44.2. The molecule has 1 N–H and O–H groups in total. The van der Waals surface area contributed by atoms with Crippen molar-refractivity contribution >= 4 is 22.0 Å². The smallest absolute Gasteiger partial charge is 0.410 e. The Morgan fingerprint density at radius 1 is 0.611 bits per heavy atom. The fourth-order valence-electron chi connectivity index (χ4n) is 8.32. The molecule has 8 rings (SSSR count). The topological polar surface area (TPSA) is 236 Å². The number of hydrogen-bond donors (Lipinski definition) is 1. The second kappa shape index (κ2) is 22.6. The number of carbonyl (C=O) groups excluding carboxylic acids is 2. The molecule has 2 amide bonds. The predicted molar refractivity (Wildman–Crippen MR) is 270 cm³/mol. The average molecular weight is 1010 g/mol. The molecule has 72 heavy (non-hydrogen) atoms. The Kier molecular flexibility index (Phi) is 17.0. The summed E-state index contributed by atoms with van der Waals surface area (Å²) in [4.78, 5) is 45.1. The molecule has 2 aromatic carbocycles. The van der Waals surface area contributed by atoms with Gasteiger partial charge in [0.2, 0.25) is 15.0 Å². The van der Waals surface area contributed by atoms with Crippen molar-refractivity contribution in [2.45, 2.75) is 137 Å². The van der Waals surface area contributed by atoms with Crippen molar-refractivity contribution in [2.24, 2.45) is 0 Å². The fourth-order valence-corrected chi connectivity index (χ4v) is 8.84. The third-order valence-corrected chi connectivity index (χ3v) is 12.2. The molecule has 2 aliphatic heterocycles. The first kappa shape index (κ1) is 54.3. The van der Waals surface area contributed by atoms with E-state index in [4.69, 9.17) is 19.3 Å². The van der Waals surface area contributed by atoms with Crippen LogP contribution in [0.3, 0.4) is 0 Å². The summed E-state index contributed by atoms with van der Waals surface area (Å²) in [5, 5.41) is 25.9. The number of phenolic OH excluding ortho intramolecular Hbond substituents is 1. The Morgan fingerprint density at radius 2 is 1.01 bits per heavy atom. The predicted octanol–water partition coefficient (Wildman–Crippen LogP) is 9.05. The van der Waals surface area contributed by atoms with Crippen LogP contribution in [-0.2, 0) is 19.3 Å². The highest BCUT2D eigenvalue weighted by molar-refractivity contribution is 7.90. The van der Waals surface area contributed by atoms with E-state index in [1.807, 2.05) is 105 Å². The number of aromatic nitrogens is 10. The van der Waals surface area contributed by atoms with Crippen molar-refractivity contribution in [1.29, 1.82) is 0 Å². The van der Waals surface area contributed by atoms with E-state index in [1.54, 1.807) is 45.8 Å². The third-order valence-electron chi connectivity index (χ3n) is 11.3. The highest BCUT2D eigenvalue weighted by Gasteiger charge is 2.32. The molecule has 6 aromatic rings. The third kappa shape index (κ3) is 15.0. The molecule has 0 spiro atoms. The van der Waals surface area contributed by atoms with Crippen LogP contribution in [0.1, 0.15) is 113 Å². The number of likely N-dealkylation sites (tertiary alicyclic amines) is 2. The SMILES string of the molecule is Cc1cc(C)cc(O)c1.Cc1cc(C)cc(Oc2nccc(-c3c(C)nnn3C3CCN(C(=O)OC(C)(C)C)CC3)n2)c1.Cc1nnn(C2CCN(C(=O)OC(C)(C)C)CC2)c1-c1ccnc(S(C)(=O)=O)n1. The van der Waals surface area contributed by atoms with Crippen LogP contribution in [0, 0.1) is 41.5 Å². The molecule has 386 valence electrons. The van der Waals surface area contributed by atoms with Crippen LogP contribution in [0.15, 0.2) is 66.1 Å². The minimum Gasteiger partial charge on any atom is -0.508 e. The number of ether oxygens (including phenoxy) is 3. The zero-order valence-electron chi connectivity index (χ0n) is 43.7. The molecule has 21 heteroatoms. The summed E-state index contributed by atoms with van der Waals surface area (Å²) in [7, 11) is -3.53. The molecule has 0 bridgehead atoms. The summed E-state index contributed by atoms with van der Waals surface area (Å²) in [6.07, 6.45) is 6.45. The van der Waals surface area contributed by atoms with E-state index in [2.05, 4.69) is 46.6 Å². The zero-order chi connectivity index (χ0) is 52.7. The lowest BCUT2D eigenvalue weighted by atomic mass is 10.0. The lowest BCUT2D eigenvalue weighted by Gasteiger charge is -2.33. The minimum atomic E-state index is -3.53. The van der Waals surface area contributed by atoms with Crippen LogP contribution in [-0.4, -0.2) is 129 Å². The molecular formula is C51H68N12O8S. The van der Waals surface area contributed by atoms with Crippen LogP contribution >= 0.6 is 0 Å². The van der Waals surface area contributed by atoms with Crippen molar-refractivity contribution in [1.82, 2.24) is 59.7 Å². The van der Waals surface area contributed by atoms with E-state index < -0.39 is 21.0 Å². The Bertz CT molecular complexity index is 2890. The van der Waals surface area contributed by atoms with Gasteiger partial charge in [0.25, 0.3) is 0 Å². The first-order valence-electron chi connectivity index (χ1n) is 23.9. The number of piperidine rings is 2. The van der Waals surface area contributed by atoms with Gasteiger partial charge in [-0.1, -0.05) is 22.6 Å². The van der Waals surface area contributed by atoms with Gasteiger partial charge in [-0.3, -0.25) is 0 Å². The van der Waals surface area contributed by atoms with Gasteiger partial charge < -0.3 is 29.1 Å². The summed E-state index contributed by atoms with van der Waals surface area (Å²) in [6.45, 7) is 25.1. The minimum absolute atomic E-state index is 0.0153. The number of benzene rings is 2. The molecule has 6 heterocycles. The maximum Gasteiger partial charge on any atom is 0.410 e. The first-order chi connectivity index (χ1) is 33.7. The maximum atomic E-state index is 12.4. The Labute approximate surface area is 422 Å². The number of sulfone groups is 1. The molecule has 0 saturated carbocycles. The molecule has 2 aliphatic rings. The van der Waals surface area contributed by atoms with Crippen LogP contribution in [0.4, 0.5) is 9.59 Å². The lowest BCUT2D eigenvalue weighted by molar-refractivity contribution is 0.0174. The van der Waals surface area contributed by atoms with Gasteiger partial charge in [-0.2, -0.15) is 4.98 Å². The average Bonchev–Trinajstić information content (AvgIpc) is 3.86. The Balaban J connectivity index is 0.000000202. The summed E-state index contributed by atoms with van der Waals surface area (Å²) in [6, 6.07) is 15.4. The van der Waals surface area contributed by atoms with Crippen molar-refractivity contribution < 1.29 is 37.3 Å². The van der Waals surface area contributed by atoms with Crippen LogP contribution in [0.5, 0.6) is 17.5 Å². The van der Waals surface area contributed by atoms with Crippen molar-refractivity contribution in [3.05, 3.63) is 94.6 Å². The second-order valence-electron chi connectivity index (χ2n) is 20.3. The quantitative estimate of drug-likeness (QED) is 0.147. The fraction of sp³-hybridized carbons (Fsp3) is 0.490. The van der Waals surface area contributed by atoms with E-state index in [9.17, 15) is 18.0 Å². The van der Waals surface area contributed by atoms with Gasteiger partial charge in [0.05, 0.1) is 34.9 Å². The monoisotopic (exact) mass is 1010 g/mol. The summed E-state index contributed by atoms with van der Waals surface area (Å²) in [5.41, 5.74) is 7.48. The van der Waals surface area contributed by atoms with Gasteiger partial charge in [-0.05, 0) is 167 Å². The van der Waals surface area contributed by atoms with Crippen LogP contribution < -0.4 is 4.74 Å². The number of carbonyl (C=O) groups is 2. The second-order valence-corrected chi connectivity index (χ2v) is 22.2. The van der Waals surface area contributed by atoms with Gasteiger partial charge in [0.1, 0.15) is 34.1 Å². The molecule has 0 unspecified atom stereocenters. The van der Waals surface area contributed by atoms with E-state index in [-0.39, 0.29) is 35.4 Å². The number of rotatable bonds is 7. The van der Waals surface area contributed by atoms with Gasteiger partial charge in [-0.25, -0.2) is 42.3 Å². The Hall–Kier alpha value is -7.03. The van der Waals surface area contributed by atoms with Crippen LogP contribution in [0.25, 0.3) is 22.8 Å². The van der Waals surface area contributed by atoms with Crippen molar-refractivity contribution in [3.63, 3.8) is 0 Å². The maximum absolute atomic E-state index is 12.4. The van der Waals surface area contributed by atoms with Gasteiger partial charge in [0, 0.05) is 44.8 Å². The Morgan fingerprint density at radius 3 is 1.42 bits per heavy atom. The lowest BCUT2D eigenvalue weighted by Crippen LogP contribution is -2.42. The van der Waals surface area contributed by atoms with E-state index >= 15 is 0 Å². The molecular weight excluding hydrogens is 941 g/mol. The van der Waals surface area contributed by atoms with Crippen molar-refractivity contribution in [3.8, 4) is 40.3 Å². The van der Waals surface area contributed by atoms with Crippen molar-refractivity contribution in [2.75, 3.05) is 32.4 Å². The highest BCUT2D eigenvalue weighted by Crippen LogP contribution is 2.32. The van der Waals surface area contributed by atoms with Gasteiger partial charge in [-0.15, -0.1) is 10.2 Å². The first-order valence-corrected chi connectivity index (χ1v) is 25.8.